The normalized spacial score (nSPS) is 17.4. The predicted molar refractivity (Wildman–Crippen MR) is 63.2 cm³/mol. The summed E-state index contributed by atoms with van der Waals surface area (Å²) in [4.78, 5) is 0. The van der Waals surface area contributed by atoms with Crippen LogP contribution in [0.4, 0.5) is 4.39 Å². The van der Waals surface area contributed by atoms with Gasteiger partial charge in [-0.2, -0.15) is 0 Å². The molecule has 0 amide bonds. The number of benzene rings is 1. The summed E-state index contributed by atoms with van der Waals surface area (Å²) in [6, 6.07) is 5.10. The van der Waals surface area contributed by atoms with Gasteiger partial charge in [-0.3, -0.25) is 0 Å². The van der Waals surface area contributed by atoms with E-state index >= 15 is 0 Å². The van der Waals surface area contributed by atoms with Crippen LogP contribution >= 0.6 is 0 Å². The molecule has 2 rings (SSSR count). The van der Waals surface area contributed by atoms with Gasteiger partial charge in [-0.25, -0.2) is 4.39 Å². The van der Waals surface area contributed by atoms with Crippen LogP contribution in [0.25, 0.3) is 0 Å². The van der Waals surface area contributed by atoms with Gasteiger partial charge in [0.15, 0.2) is 0 Å². The molecule has 0 saturated heterocycles. The Morgan fingerprint density at radius 1 is 1.25 bits per heavy atom. The lowest BCUT2D eigenvalue weighted by molar-refractivity contribution is 0.208. The lowest BCUT2D eigenvalue weighted by Gasteiger charge is -2.21. The van der Waals surface area contributed by atoms with Gasteiger partial charge in [0.05, 0.1) is 6.61 Å². The van der Waals surface area contributed by atoms with Crippen molar-refractivity contribution in [3.63, 3.8) is 0 Å². The highest BCUT2D eigenvalue weighted by Crippen LogP contribution is 2.25. The van der Waals surface area contributed by atoms with Crippen molar-refractivity contribution < 1.29 is 9.13 Å². The minimum absolute atomic E-state index is 0.179. The van der Waals surface area contributed by atoms with Crippen molar-refractivity contribution in [2.75, 3.05) is 6.61 Å². The Morgan fingerprint density at radius 3 is 2.69 bits per heavy atom. The molecule has 0 radical (unpaired) electrons. The fourth-order valence-corrected chi connectivity index (χ4v) is 2.23. The first-order valence-corrected chi connectivity index (χ1v) is 6.14. The molecule has 0 atom stereocenters. The molecular weight excluding hydrogens is 203 g/mol. The van der Waals surface area contributed by atoms with Crippen molar-refractivity contribution in [2.24, 2.45) is 5.92 Å². The van der Waals surface area contributed by atoms with Crippen molar-refractivity contribution >= 4 is 0 Å². The number of hydrogen-bond donors (Lipinski definition) is 0. The van der Waals surface area contributed by atoms with Gasteiger partial charge in [0, 0.05) is 6.07 Å². The first kappa shape index (κ1) is 11.4. The quantitative estimate of drug-likeness (QED) is 0.748. The van der Waals surface area contributed by atoms with E-state index < -0.39 is 0 Å². The van der Waals surface area contributed by atoms with Gasteiger partial charge < -0.3 is 4.74 Å². The second kappa shape index (κ2) is 5.33. The molecule has 1 nitrogen and oxygen atoms in total. The molecule has 1 fully saturated rings. The monoisotopic (exact) mass is 222 g/mol. The third-order valence-corrected chi connectivity index (χ3v) is 3.35. The SMILES string of the molecule is Cc1ccc(OCC2CCCCC2)cc1F. The molecule has 1 aliphatic carbocycles. The zero-order valence-corrected chi connectivity index (χ0v) is 9.84. The van der Waals surface area contributed by atoms with Gasteiger partial charge in [0.2, 0.25) is 0 Å². The average molecular weight is 222 g/mol. The Morgan fingerprint density at radius 2 is 2.00 bits per heavy atom. The summed E-state index contributed by atoms with van der Waals surface area (Å²) in [5.74, 6) is 1.15. The zero-order chi connectivity index (χ0) is 11.4. The largest absolute Gasteiger partial charge is 0.493 e. The Labute approximate surface area is 96.6 Å². The van der Waals surface area contributed by atoms with Gasteiger partial charge in [-0.1, -0.05) is 25.3 Å². The first-order chi connectivity index (χ1) is 7.75. The Bertz CT molecular complexity index is 343. The van der Waals surface area contributed by atoms with Crippen LogP contribution in [0.1, 0.15) is 37.7 Å². The van der Waals surface area contributed by atoms with E-state index in [4.69, 9.17) is 4.74 Å². The summed E-state index contributed by atoms with van der Waals surface area (Å²) in [6.07, 6.45) is 6.50. The number of hydrogen-bond acceptors (Lipinski definition) is 1. The van der Waals surface area contributed by atoms with Crippen LogP contribution in [-0.2, 0) is 0 Å². The van der Waals surface area contributed by atoms with E-state index in [1.807, 2.05) is 6.07 Å². The molecule has 0 bridgehead atoms. The smallest absolute Gasteiger partial charge is 0.129 e. The highest BCUT2D eigenvalue weighted by Gasteiger charge is 2.14. The third-order valence-electron chi connectivity index (χ3n) is 3.35. The minimum atomic E-state index is -0.179. The summed E-state index contributed by atoms with van der Waals surface area (Å²) in [6.45, 7) is 2.50. The Balaban J connectivity index is 1.86. The maximum absolute atomic E-state index is 13.3. The average Bonchev–Trinajstić information content (AvgIpc) is 2.32. The topological polar surface area (TPSA) is 9.23 Å². The third kappa shape index (κ3) is 2.97. The van der Waals surface area contributed by atoms with E-state index in [9.17, 15) is 4.39 Å². The van der Waals surface area contributed by atoms with Crippen LogP contribution in [0.2, 0.25) is 0 Å². The van der Waals surface area contributed by atoms with Crippen molar-refractivity contribution in [3.05, 3.63) is 29.6 Å². The molecule has 1 aromatic rings. The van der Waals surface area contributed by atoms with E-state index in [2.05, 4.69) is 0 Å². The molecule has 0 aromatic heterocycles. The van der Waals surface area contributed by atoms with Crippen LogP contribution in [0, 0.1) is 18.7 Å². The van der Waals surface area contributed by atoms with Crippen LogP contribution in [0.5, 0.6) is 5.75 Å². The molecule has 0 spiro atoms. The summed E-state index contributed by atoms with van der Waals surface area (Å²) in [7, 11) is 0. The van der Waals surface area contributed by atoms with Crippen molar-refractivity contribution in [2.45, 2.75) is 39.0 Å². The summed E-state index contributed by atoms with van der Waals surface area (Å²) >= 11 is 0. The van der Waals surface area contributed by atoms with Gasteiger partial charge in [-0.15, -0.1) is 0 Å². The lowest BCUT2D eigenvalue weighted by atomic mass is 9.90. The minimum Gasteiger partial charge on any atom is -0.493 e. The Kier molecular flexibility index (Phi) is 3.81. The molecular formula is C14H19FO. The van der Waals surface area contributed by atoms with Gasteiger partial charge in [0.25, 0.3) is 0 Å². The molecule has 2 heteroatoms. The van der Waals surface area contributed by atoms with Gasteiger partial charge in [0.1, 0.15) is 11.6 Å². The molecule has 16 heavy (non-hydrogen) atoms. The highest BCUT2D eigenvalue weighted by molar-refractivity contribution is 5.27. The van der Waals surface area contributed by atoms with E-state index in [1.165, 1.54) is 38.2 Å². The fourth-order valence-electron chi connectivity index (χ4n) is 2.23. The summed E-state index contributed by atoms with van der Waals surface area (Å²) in [5.41, 5.74) is 0.671. The highest BCUT2D eigenvalue weighted by atomic mass is 19.1. The lowest BCUT2D eigenvalue weighted by Crippen LogP contribution is -2.15. The molecule has 0 aliphatic heterocycles. The Hall–Kier alpha value is -1.05. The second-order valence-corrected chi connectivity index (χ2v) is 4.73. The van der Waals surface area contributed by atoms with Crippen molar-refractivity contribution in [1.82, 2.24) is 0 Å². The molecule has 1 saturated carbocycles. The fraction of sp³-hybridized carbons (Fsp3) is 0.571. The van der Waals surface area contributed by atoms with Crippen LogP contribution in [0.3, 0.4) is 0 Å². The maximum atomic E-state index is 13.3. The number of rotatable bonds is 3. The maximum Gasteiger partial charge on any atom is 0.129 e. The van der Waals surface area contributed by atoms with Crippen molar-refractivity contribution in [3.8, 4) is 5.75 Å². The molecule has 88 valence electrons. The zero-order valence-electron chi connectivity index (χ0n) is 9.84. The second-order valence-electron chi connectivity index (χ2n) is 4.73. The molecule has 0 N–H and O–H groups in total. The van der Waals surface area contributed by atoms with Crippen LogP contribution in [0.15, 0.2) is 18.2 Å². The summed E-state index contributed by atoms with van der Waals surface area (Å²) in [5, 5.41) is 0. The van der Waals surface area contributed by atoms with E-state index in [0.29, 0.717) is 17.2 Å². The molecule has 1 aliphatic rings. The predicted octanol–water partition coefficient (Wildman–Crippen LogP) is 4.09. The summed E-state index contributed by atoms with van der Waals surface area (Å²) < 4.78 is 18.9. The van der Waals surface area contributed by atoms with E-state index in [0.717, 1.165) is 6.61 Å². The number of ether oxygens (including phenoxy) is 1. The van der Waals surface area contributed by atoms with Gasteiger partial charge in [-0.05, 0) is 37.3 Å². The van der Waals surface area contributed by atoms with Gasteiger partial charge >= 0.3 is 0 Å². The van der Waals surface area contributed by atoms with Crippen molar-refractivity contribution in [1.29, 1.82) is 0 Å². The standard InChI is InChI=1S/C14H19FO/c1-11-7-8-13(9-14(11)15)16-10-12-5-3-2-4-6-12/h7-9,12H,2-6,10H2,1H3. The molecule has 0 heterocycles. The number of aryl methyl sites for hydroxylation is 1. The molecule has 0 unspecified atom stereocenters. The van der Waals surface area contributed by atoms with E-state index in [-0.39, 0.29) is 5.82 Å². The number of halogens is 1. The molecule has 1 aromatic carbocycles. The van der Waals surface area contributed by atoms with Crippen LogP contribution in [-0.4, -0.2) is 6.61 Å². The first-order valence-electron chi connectivity index (χ1n) is 6.14. The van der Waals surface area contributed by atoms with E-state index in [1.54, 1.807) is 13.0 Å². The van der Waals surface area contributed by atoms with Crippen LogP contribution < -0.4 is 4.74 Å².